The minimum absolute atomic E-state index is 0.284. The Kier molecular flexibility index (Phi) is 4.47. The number of halogens is 1. The number of Topliss-reactive ketones (excluding diaryl/α,β-unsaturated/α-hetero) is 1. The van der Waals surface area contributed by atoms with Crippen LogP contribution < -0.4 is 5.32 Å². The zero-order chi connectivity index (χ0) is 18.2. The molecule has 0 spiro atoms. The highest BCUT2D eigenvalue weighted by molar-refractivity contribution is 9.10. The standard InChI is InChI=1S/C19H17BrN2O3/c1-12-3-7-14(8-4-12)19(2)17(24)22(18(25)21-19)11-16(23)13-5-9-15(20)10-6-13/h3-10H,11H2,1-2H3,(H,21,25)/t19-/m1/s1. The van der Waals surface area contributed by atoms with Crippen LogP contribution in [0.5, 0.6) is 0 Å². The van der Waals surface area contributed by atoms with E-state index in [9.17, 15) is 14.4 Å². The average Bonchev–Trinajstić information content (AvgIpc) is 2.80. The quantitative estimate of drug-likeness (QED) is 0.631. The van der Waals surface area contributed by atoms with Gasteiger partial charge in [0, 0.05) is 10.0 Å². The molecule has 5 nitrogen and oxygen atoms in total. The van der Waals surface area contributed by atoms with E-state index in [2.05, 4.69) is 21.2 Å². The molecule has 1 aliphatic rings. The summed E-state index contributed by atoms with van der Waals surface area (Å²) < 4.78 is 0.853. The molecule has 0 aromatic heterocycles. The molecule has 0 unspecified atom stereocenters. The Labute approximate surface area is 154 Å². The van der Waals surface area contributed by atoms with Gasteiger partial charge >= 0.3 is 6.03 Å². The number of benzene rings is 2. The Morgan fingerprint density at radius 1 is 1.08 bits per heavy atom. The van der Waals surface area contributed by atoms with Gasteiger partial charge in [0.15, 0.2) is 5.78 Å². The van der Waals surface area contributed by atoms with Crippen LogP contribution in [0.15, 0.2) is 53.0 Å². The lowest BCUT2D eigenvalue weighted by atomic mass is 9.91. The largest absolute Gasteiger partial charge is 0.325 e. The normalized spacial score (nSPS) is 19.9. The van der Waals surface area contributed by atoms with Crippen molar-refractivity contribution in [2.45, 2.75) is 19.4 Å². The summed E-state index contributed by atoms with van der Waals surface area (Å²) in [5.74, 6) is -0.712. The maximum absolute atomic E-state index is 12.8. The monoisotopic (exact) mass is 400 g/mol. The Bertz CT molecular complexity index is 846. The van der Waals surface area contributed by atoms with E-state index in [-0.39, 0.29) is 12.3 Å². The summed E-state index contributed by atoms with van der Waals surface area (Å²) in [6, 6.07) is 13.6. The molecule has 128 valence electrons. The molecule has 1 saturated heterocycles. The fourth-order valence-electron chi connectivity index (χ4n) is 2.79. The summed E-state index contributed by atoms with van der Waals surface area (Å²) in [4.78, 5) is 38.5. The molecule has 0 saturated carbocycles. The molecular weight excluding hydrogens is 384 g/mol. The minimum atomic E-state index is -1.16. The smallest absolute Gasteiger partial charge is 0.319 e. The van der Waals surface area contributed by atoms with Crippen LogP contribution in [0.1, 0.15) is 28.4 Å². The molecule has 1 atom stereocenters. The Hall–Kier alpha value is -2.47. The Balaban J connectivity index is 1.82. The number of imide groups is 1. The van der Waals surface area contributed by atoms with E-state index in [4.69, 9.17) is 0 Å². The third-order valence-electron chi connectivity index (χ3n) is 4.37. The maximum atomic E-state index is 12.8. The number of amides is 3. The molecule has 25 heavy (non-hydrogen) atoms. The number of ketones is 1. The van der Waals surface area contributed by atoms with Crippen molar-refractivity contribution in [3.63, 3.8) is 0 Å². The predicted molar refractivity (Wildman–Crippen MR) is 97.2 cm³/mol. The number of hydrogen-bond acceptors (Lipinski definition) is 3. The van der Waals surface area contributed by atoms with Crippen LogP contribution in [0.4, 0.5) is 4.79 Å². The first-order valence-electron chi connectivity index (χ1n) is 7.81. The van der Waals surface area contributed by atoms with E-state index >= 15 is 0 Å². The number of hydrogen-bond donors (Lipinski definition) is 1. The zero-order valence-corrected chi connectivity index (χ0v) is 15.5. The highest BCUT2D eigenvalue weighted by Crippen LogP contribution is 2.29. The molecule has 0 radical (unpaired) electrons. The molecule has 1 fully saturated rings. The van der Waals surface area contributed by atoms with E-state index in [1.54, 1.807) is 31.2 Å². The van der Waals surface area contributed by atoms with Crippen LogP contribution in [-0.2, 0) is 10.3 Å². The van der Waals surface area contributed by atoms with E-state index in [1.807, 2.05) is 31.2 Å². The molecule has 1 N–H and O–H groups in total. The molecule has 6 heteroatoms. The first-order valence-corrected chi connectivity index (χ1v) is 8.60. The molecular formula is C19H17BrN2O3. The summed E-state index contributed by atoms with van der Waals surface area (Å²) in [5, 5.41) is 2.71. The lowest BCUT2D eigenvalue weighted by molar-refractivity contribution is -0.130. The zero-order valence-electron chi connectivity index (χ0n) is 13.9. The van der Waals surface area contributed by atoms with Crippen molar-refractivity contribution in [3.8, 4) is 0 Å². The van der Waals surface area contributed by atoms with Gasteiger partial charge in [-0.1, -0.05) is 57.9 Å². The van der Waals surface area contributed by atoms with Crippen molar-refractivity contribution in [2.75, 3.05) is 6.54 Å². The lowest BCUT2D eigenvalue weighted by Crippen LogP contribution is -2.41. The molecule has 2 aromatic rings. The number of urea groups is 1. The van der Waals surface area contributed by atoms with Gasteiger partial charge < -0.3 is 5.32 Å². The first-order chi connectivity index (χ1) is 11.8. The van der Waals surface area contributed by atoms with Crippen molar-refractivity contribution >= 4 is 33.7 Å². The highest BCUT2D eigenvalue weighted by atomic mass is 79.9. The van der Waals surface area contributed by atoms with E-state index in [1.165, 1.54) is 0 Å². The number of carbonyl (C=O) groups is 3. The van der Waals surface area contributed by atoms with Crippen molar-refractivity contribution < 1.29 is 14.4 Å². The Morgan fingerprint density at radius 3 is 2.28 bits per heavy atom. The summed E-state index contributed by atoms with van der Waals surface area (Å²) in [6.07, 6.45) is 0. The van der Waals surface area contributed by atoms with E-state index in [0.29, 0.717) is 11.1 Å². The van der Waals surface area contributed by atoms with Crippen LogP contribution in [0, 0.1) is 6.92 Å². The van der Waals surface area contributed by atoms with Crippen LogP contribution >= 0.6 is 15.9 Å². The van der Waals surface area contributed by atoms with Gasteiger partial charge in [0.05, 0.1) is 6.54 Å². The average molecular weight is 401 g/mol. The van der Waals surface area contributed by atoms with Gasteiger partial charge in [0.2, 0.25) is 0 Å². The third-order valence-corrected chi connectivity index (χ3v) is 4.90. The van der Waals surface area contributed by atoms with Gasteiger partial charge in [-0.05, 0) is 31.5 Å². The van der Waals surface area contributed by atoms with Crippen molar-refractivity contribution in [1.29, 1.82) is 0 Å². The van der Waals surface area contributed by atoms with Crippen molar-refractivity contribution in [1.82, 2.24) is 10.2 Å². The molecule has 1 aliphatic heterocycles. The topological polar surface area (TPSA) is 66.5 Å². The molecule has 1 heterocycles. The molecule has 3 amide bonds. The van der Waals surface area contributed by atoms with Gasteiger partial charge in [-0.25, -0.2) is 4.79 Å². The molecule has 0 bridgehead atoms. The SMILES string of the molecule is Cc1ccc([C@@]2(C)NC(=O)N(CC(=O)c3ccc(Br)cc3)C2=O)cc1. The van der Waals surface area contributed by atoms with Gasteiger partial charge in [0.1, 0.15) is 5.54 Å². The van der Waals surface area contributed by atoms with Crippen LogP contribution in [0.2, 0.25) is 0 Å². The second-order valence-corrected chi connectivity index (χ2v) is 7.16. The van der Waals surface area contributed by atoms with Gasteiger partial charge in [-0.3, -0.25) is 14.5 Å². The number of nitrogens with zero attached hydrogens (tertiary/aromatic N) is 1. The van der Waals surface area contributed by atoms with E-state index < -0.39 is 17.5 Å². The van der Waals surface area contributed by atoms with E-state index in [0.717, 1.165) is 14.9 Å². The van der Waals surface area contributed by atoms with Gasteiger partial charge in [-0.15, -0.1) is 0 Å². The first kappa shape index (κ1) is 17.4. The molecule has 2 aromatic carbocycles. The van der Waals surface area contributed by atoms with Crippen molar-refractivity contribution in [2.24, 2.45) is 0 Å². The van der Waals surface area contributed by atoms with Gasteiger partial charge in [-0.2, -0.15) is 0 Å². The number of aryl methyl sites for hydroxylation is 1. The van der Waals surface area contributed by atoms with Gasteiger partial charge in [0.25, 0.3) is 5.91 Å². The molecule has 3 rings (SSSR count). The van der Waals surface area contributed by atoms with Crippen LogP contribution in [-0.4, -0.2) is 29.2 Å². The fourth-order valence-corrected chi connectivity index (χ4v) is 3.06. The third kappa shape index (κ3) is 3.22. The maximum Gasteiger partial charge on any atom is 0.325 e. The number of nitrogens with one attached hydrogen (secondary N) is 1. The summed E-state index contributed by atoms with van der Waals surface area (Å²) in [7, 11) is 0. The minimum Gasteiger partial charge on any atom is -0.319 e. The van der Waals surface area contributed by atoms with Crippen LogP contribution in [0.3, 0.4) is 0 Å². The van der Waals surface area contributed by atoms with Crippen molar-refractivity contribution in [3.05, 3.63) is 69.7 Å². The summed E-state index contributed by atoms with van der Waals surface area (Å²) in [6.45, 7) is 3.32. The van der Waals surface area contributed by atoms with Crippen LogP contribution in [0.25, 0.3) is 0 Å². The Morgan fingerprint density at radius 2 is 1.68 bits per heavy atom. The number of carbonyl (C=O) groups excluding carboxylic acids is 3. The summed E-state index contributed by atoms with van der Waals surface area (Å²) >= 11 is 3.31. The lowest BCUT2D eigenvalue weighted by Gasteiger charge is -2.22. The molecule has 0 aliphatic carbocycles. The fraction of sp³-hybridized carbons (Fsp3) is 0.211. The second kappa shape index (κ2) is 6.44. The number of rotatable bonds is 4. The predicted octanol–water partition coefficient (Wildman–Crippen LogP) is 3.41. The second-order valence-electron chi connectivity index (χ2n) is 6.24. The summed E-state index contributed by atoms with van der Waals surface area (Å²) in [5.41, 5.74) is 1.04. The highest BCUT2D eigenvalue weighted by Gasteiger charge is 2.49.